The summed E-state index contributed by atoms with van der Waals surface area (Å²) in [7, 11) is 0. The first-order chi connectivity index (χ1) is 12.7. The number of oxime groups is 1. The molecule has 2 aliphatic heterocycles. The lowest BCUT2D eigenvalue weighted by Crippen LogP contribution is -2.51. The largest absolute Gasteiger partial charge is 0.411 e. The third-order valence-corrected chi connectivity index (χ3v) is 6.79. The van der Waals surface area contributed by atoms with Crippen molar-refractivity contribution in [2.45, 2.75) is 31.3 Å². The van der Waals surface area contributed by atoms with E-state index in [0.29, 0.717) is 18.8 Å². The highest BCUT2D eigenvalue weighted by molar-refractivity contribution is 7.99. The second-order valence-electron chi connectivity index (χ2n) is 7.24. The molecule has 26 heavy (non-hydrogen) atoms. The number of thioether (sulfide) groups is 1. The molecule has 3 aliphatic rings. The molecular weight excluding hydrogens is 350 g/mol. The lowest BCUT2D eigenvalue weighted by atomic mass is 9.85. The van der Waals surface area contributed by atoms with Crippen LogP contribution in [0.1, 0.15) is 17.5 Å². The van der Waals surface area contributed by atoms with Crippen molar-refractivity contribution in [3.63, 3.8) is 0 Å². The fourth-order valence-corrected chi connectivity index (χ4v) is 5.52. The Morgan fingerprint density at radius 3 is 2.69 bits per heavy atom. The Kier molecular flexibility index (Phi) is 5.00. The van der Waals surface area contributed by atoms with Crippen LogP contribution in [0.5, 0.6) is 0 Å². The highest BCUT2D eigenvalue weighted by atomic mass is 32.2. The molecule has 1 amide bonds. The molecule has 0 radical (unpaired) electrons. The number of fused-ring (bicyclic) bond motifs is 1. The monoisotopic (exact) mass is 373 g/mol. The average molecular weight is 373 g/mol. The van der Waals surface area contributed by atoms with Crippen molar-refractivity contribution >= 4 is 29.7 Å². The van der Waals surface area contributed by atoms with Gasteiger partial charge in [0.1, 0.15) is 5.78 Å². The number of benzene rings is 1. The molecule has 2 saturated heterocycles. The number of amides is 1. The molecule has 1 unspecified atom stereocenters. The predicted molar refractivity (Wildman–Crippen MR) is 100 cm³/mol. The molecule has 1 aliphatic carbocycles. The van der Waals surface area contributed by atoms with Gasteiger partial charge in [0.05, 0.1) is 24.2 Å². The van der Waals surface area contributed by atoms with Crippen LogP contribution < -0.4 is 5.32 Å². The molecule has 2 heterocycles. The van der Waals surface area contributed by atoms with E-state index in [0.717, 1.165) is 18.6 Å². The summed E-state index contributed by atoms with van der Waals surface area (Å²) in [5.74, 6) is 1.17. The third kappa shape index (κ3) is 3.14. The summed E-state index contributed by atoms with van der Waals surface area (Å²) in [5.41, 5.74) is 2.52. The quantitative estimate of drug-likeness (QED) is 0.472. The van der Waals surface area contributed by atoms with E-state index < -0.39 is 6.04 Å². The minimum absolute atomic E-state index is 0.0182. The van der Waals surface area contributed by atoms with Gasteiger partial charge in [-0.05, 0) is 36.9 Å². The molecule has 2 fully saturated rings. The fourth-order valence-electron chi connectivity index (χ4n) is 4.40. The maximum atomic E-state index is 13.2. The van der Waals surface area contributed by atoms with Gasteiger partial charge in [0.2, 0.25) is 5.91 Å². The van der Waals surface area contributed by atoms with Crippen LogP contribution in [0.25, 0.3) is 0 Å². The molecule has 3 atom stereocenters. The summed E-state index contributed by atoms with van der Waals surface area (Å²) in [4.78, 5) is 27.9. The van der Waals surface area contributed by atoms with Crippen LogP contribution in [0.15, 0.2) is 29.4 Å². The number of hydrogen-bond acceptors (Lipinski definition) is 6. The number of ketones is 1. The van der Waals surface area contributed by atoms with Crippen molar-refractivity contribution in [2.24, 2.45) is 17.0 Å². The van der Waals surface area contributed by atoms with E-state index in [1.807, 2.05) is 12.1 Å². The number of carbonyl (C=O) groups is 2. The molecule has 4 rings (SSSR count). The van der Waals surface area contributed by atoms with Crippen LogP contribution in [0.3, 0.4) is 0 Å². The van der Waals surface area contributed by atoms with Crippen LogP contribution in [-0.2, 0) is 22.4 Å². The highest BCUT2D eigenvalue weighted by Crippen LogP contribution is 2.32. The molecule has 2 N–H and O–H groups in total. The first-order valence-electron chi connectivity index (χ1n) is 9.08. The standard InChI is InChI=1S/C19H23N3O3S/c23-18(14-7-12-3-1-2-4-13(12)8-14)16-5-6-20-17(16)19(24)22-11-26-10-15(22)9-21-25/h1-4,9,14-17,20,25H,5-8,10-11H2/t15-,16?,17-/m1/s1. The lowest BCUT2D eigenvalue weighted by Gasteiger charge is -2.27. The first-order valence-corrected chi connectivity index (χ1v) is 10.2. The zero-order valence-corrected chi connectivity index (χ0v) is 15.3. The molecule has 0 aromatic heterocycles. The van der Waals surface area contributed by atoms with Gasteiger partial charge in [0.25, 0.3) is 0 Å². The highest BCUT2D eigenvalue weighted by Gasteiger charge is 2.44. The Balaban J connectivity index is 1.47. The van der Waals surface area contributed by atoms with E-state index >= 15 is 0 Å². The summed E-state index contributed by atoms with van der Waals surface area (Å²) in [6.45, 7) is 0.687. The third-order valence-electron chi connectivity index (χ3n) is 5.75. The molecule has 6 nitrogen and oxygen atoms in total. The minimum atomic E-state index is -0.459. The van der Waals surface area contributed by atoms with Crippen molar-refractivity contribution in [3.8, 4) is 0 Å². The minimum Gasteiger partial charge on any atom is -0.411 e. The van der Waals surface area contributed by atoms with Gasteiger partial charge in [-0.15, -0.1) is 11.8 Å². The van der Waals surface area contributed by atoms with Gasteiger partial charge in [0.15, 0.2) is 0 Å². The van der Waals surface area contributed by atoms with E-state index in [1.54, 1.807) is 16.7 Å². The zero-order valence-electron chi connectivity index (χ0n) is 14.5. The van der Waals surface area contributed by atoms with E-state index in [2.05, 4.69) is 22.6 Å². The Labute approximate surface area is 157 Å². The number of rotatable bonds is 4. The number of nitrogens with zero attached hydrogens (tertiary/aromatic N) is 2. The topological polar surface area (TPSA) is 82.0 Å². The maximum absolute atomic E-state index is 13.2. The SMILES string of the molecule is O=C(C1Cc2ccccc2C1)C1CCN[C@H]1C(=O)N1CSC[C@H]1C=NO. The molecular formula is C19H23N3O3S. The normalized spacial score (nSPS) is 28.8. The van der Waals surface area contributed by atoms with Crippen LogP contribution in [0.4, 0.5) is 0 Å². The van der Waals surface area contributed by atoms with Crippen LogP contribution in [0.2, 0.25) is 0 Å². The van der Waals surface area contributed by atoms with Gasteiger partial charge in [-0.3, -0.25) is 9.59 Å². The number of carbonyl (C=O) groups excluding carboxylic acids is 2. The van der Waals surface area contributed by atoms with E-state index in [-0.39, 0.29) is 29.6 Å². The van der Waals surface area contributed by atoms with E-state index in [1.165, 1.54) is 17.3 Å². The Morgan fingerprint density at radius 2 is 2.00 bits per heavy atom. The Bertz CT molecular complexity index is 713. The number of Topliss-reactive ketones (excluding diaryl/α,β-unsaturated/α-hetero) is 1. The molecule has 1 aromatic rings. The van der Waals surface area contributed by atoms with Crippen LogP contribution in [0, 0.1) is 11.8 Å². The first kappa shape index (κ1) is 17.5. The lowest BCUT2D eigenvalue weighted by molar-refractivity contribution is -0.137. The Hall–Kier alpha value is -1.86. The van der Waals surface area contributed by atoms with Crippen molar-refractivity contribution in [1.82, 2.24) is 10.2 Å². The predicted octanol–water partition coefficient (Wildman–Crippen LogP) is 1.31. The van der Waals surface area contributed by atoms with Gasteiger partial charge in [-0.1, -0.05) is 29.4 Å². The summed E-state index contributed by atoms with van der Waals surface area (Å²) < 4.78 is 0. The van der Waals surface area contributed by atoms with Gasteiger partial charge >= 0.3 is 0 Å². The summed E-state index contributed by atoms with van der Waals surface area (Å²) in [5, 5.41) is 15.2. The summed E-state index contributed by atoms with van der Waals surface area (Å²) in [6.07, 6.45) is 3.68. The van der Waals surface area contributed by atoms with Gasteiger partial charge in [-0.2, -0.15) is 0 Å². The van der Waals surface area contributed by atoms with Crippen molar-refractivity contribution in [3.05, 3.63) is 35.4 Å². The van der Waals surface area contributed by atoms with Crippen molar-refractivity contribution < 1.29 is 14.8 Å². The van der Waals surface area contributed by atoms with Crippen LogP contribution in [-0.4, -0.2) is 58.3 Å². The average Bonchev–Trinajstić information content (AvgIpc) is 3.39. The number of nitrogens with one attached hydrogen (secondary N) is 1. The second kappa shape index (κ2) is 7.40. The smallest absolute Gasteiger partial charge is 0.241 e. The molecule has 1 aromatic carbocycles. The van der Waals surface area contributed by atoms with Gasteiger partial charge in [-0.25, -0.2) is 0 Å². The fraction of sp³-hybridized carbons (Fsp3) is 0.526. The molecule has 7 heteroatoms. The van der Waals surface area contributed by atoms with Gasteiger partial charge < -0.3 is 15.4 Å². The van der Waals surface area contributed by atoms with Crippen molar-refractivity contribution in [2.75, 3.05) is 18.2 Å². The number of hydrogen-bond donors (Lipinski definition) is 2. The molecule has 138 valence electrons. The van der Waals surface area contributed by atoms with Gasteiger partial charge in [0, 0.05) is 17.6 Å². The molecule has 0 saturated carbocycles. The summed E-state index contributed by atoms with van der Waals surface area (Å²) in [6, 6.07) is 7.56. The second-order valence-corrected chi connectivity index (χ2v) is 8.24. The van der Waals surface area contributed by atoms with E-state index in [4.69, 9.17) is 5.21 Å². The van der Waals surface area contributed by atoms with E-state index in [9.17, 15) is 9.59 Å². The summed E-state index contributed by atoms with van der Waals surface area (Å²) >= 11 is 1.63. The molecule has 0 spiro atoms. The van der Waals surface area contributed by atoms with Crippen LogP contribution >= 0.6 is 11.8 Å². The maximum Gasteiger partial charge on any atom is 0.241 e. The Morgan fingerprint density at radius 1 is 1.27 bits per heavy atom. The zero-order chi connectivity index (χ0) is 18.1. The molecule has 0 bridgehead atoms. The van der Waals surface area contributed by atoms with Crippen molar-refractivity contribution in [1.29, 1.82) is 0 Å².